The quantitative estimate of drug-likeness (QED) is 0.506. The highest BCUT2D eigenvalue weighted by Gasteiger charge is 2.25. The van der Waals surface area contributed by atoms with E-state index in [0.29, 0.717) is 17.7 Å². The third-order valence-corrected chi connectivity index (χ3v) is 5.51. The molecule has 25 heavy (non-hydrogen) atoms. The number of hydrogen-bond donors (Lipinski definition) is 0. The maximum atomic E-state index is 13.3. The number of benzene rings is 2. The number of halogens is 2. The van der Waals surface area contributed by atoms with Gasteiger partial charge in [0.05, 0.1) is 16.5 Å². The molecule has 1 heterocycles. The summed E-state index contributed by atoms with van der Waals surface area (Å²) in [6.07, 6.45) is 0. The smallest absolute Gasteiger partial charge is 0.355 e. The zero-order chi connectivity index (χ0) is 18.2. The molecule has 0 atom stereocenters. The molecule has 0 aliphatic rings. The molecule has 130 valence electrons. The molecule has 5 nitrogen and oxygen atoms in total. The van der Waals surface area contributed by atoms with Gasteiger partial charge in [-0.2, -0.15) is 0 Å². The number of hydrogen-bond acceptors (Lipinski definition) is 5. The average Bonchev–Trinajstić information content (AvgIpc) is 2.57. The van der Waals surface area contributed by atoms with Crippen molar-refractivity contribution >= 4 is 32.4 Å². The predicted octanol–water partition coefficient (Wildman–Crippen LogP) is 3.82. The predicted molar refractivity (Wildman–Crippen MR) is 90.5 cm³/mol. The first-order chi connectivity index (χ1) is 11.8. The lowest BCUT2D eigenvalue weighted by Gasteiger charge is -2.08. The van der Waals surface area contributed by atoms with Crippen LogP contribution in [0.3, 0.4) is 0 Å². The second-order valence-electron chi connectivity index (χ2n) is 5.08. The molecule has 8 heteroatoms. The van der Waals surface area contributed by atoms with E-state index in [0.717, 1.165) is 18.2 Å². The van der Waals surface area contributed by atoms with E-state index in [9.17, 15) is 17.6 Å². The summed E-state index contributed by atoms with van der Waals surface area (Å²) in [5.74, 6) is -0.418. The van der Waals surface area contributed by atoms with Crippen molar-refractivity contribution in [1.82, 2.24) is 0 Å². The van der Waals surface area contributed by atoms with Gasteiger partial charge in [0, 0.05) is 5.39 Å². The van der Waals surface area contributed by atoms with E-state index >= 15 is 0 Å². The van der Waals surface area contributed by atoms with Gasteiger partial charge in [-0.3, -0.25) is 0 Å². The van der Waals surface area contributed by atoms with Crippen LogP contribution in [0.5, 0.6) is 5.75 Å². The lowest BCUT2D eigenvalue weighted by Crippen LogP contribution is -2.14. The summed E-state index contributed by atoms with van der Waals surface area (Å²) in [5.41, 5.74) is -0.884. The van der Waals surface area contributed by atoms with Crippen molar-refractivity contribution in [2.75, 3.05) is 6.61 Å². The fraction of sp³-hybridized carbons (Fsp3) is 0.118. The van der Waals surface area contributed by atoms with Gasteiger partial charge in [0.15, 0.2) is 16.2 Å². The molecule has 0 saturated heterocycles. The minimum atomic E-state index is -4.22. The Hall–Kier alpha value is -2.38. The molecule has 0 unspecified atom stereocenters. The number of sulfone groups is 1. The largest absolute Gasteiger partial charge is 0.490 e. The third-order valence-electron chi connectivity index (χ3n) is 3.48. The van der Waals surface area contributed by atoms with Crippen LogP contribution in [0.2, 0.25) is 5.02 Å². The summed E-state index contributed by atoms with van der Waals surface area (Å²) < 4.78 is 49.2. The normalized spacial score (nSPS) is 11.6. The Labute approximate surface area is 147 Å². The van der Waals surface area contributed by atoms with Gasteiger partial charge in [-0.05, 0) is 37.3 Å². The number of ether oxygens (including phenoxy) is 1. The van der Waals surface area contributed by atoms with Gasteiger partial charge >= 0.3 is 5.63 Å². The first kappa shape index (κ1) is 17.4. The summed E-state index contributed by atoms with van der Waals surface area (Å²) >= 11 is 5.64. The van der Waals surface area contributed by atoms with Gasteiger partial charge in [0.1, 0.15) is 5.82 Å². The molecule has 3 aromatic rings. The highest BCUT2D eigenvalue weighted by Crippen LogP contribution is 2.29. The second-order valence-corrected chi connectivity index (χ2v) is 7.41. The van der Waals surface area contributed by atoms with Crippen molar-refractivity contribution in [1.29, 1.82) is 0 Å². The van der Waals surface area contributed by atoms with E-state index in [4.69, 9.17) is 20.8 Å². The van der Waals surface area contributed by atoms with Gasteiger partial charge in [-0.15, -0.1) is 0 Å². The maximum Gasteiger partial charge on any atom is 0.355 e. The van der Waals surface area contributed by atoms with Crippen molar-refractivity contribution in [2.45, 2.75) is 16.7 Å². The topological polar surface area (TPSA) is 73.6 Å². The summed E-state index contributed by atoms with van der Waals surface area (Å²) in [4.78, 5) is 11.4. The Morgan fingerprint density at radius 3 is 2.64 bits per heavy atom. The van der Waals surface area contributed by atoms with Crippen LogP contribution in [0.15, 0.2) is 61.5 Å². The molecular formula is C17H12ClFO5S. The van der Waals surface area contributed by atoms with Crippen molar-refractivity contribution in [3.05, 3.63) is 63.7 Å². The summed E-state index contributed by atoms with van der Waals surface area (Å²) in [6, 6.07) is 8.98. The minimum absolute atomic E-state index is 0.158. The first-order valence-corrected chi connectivity index (χ1v) is 9.10. The zero-order valence-electron chi connectivity index (χ0n) is 13.0. The average molecular weight is 383 g/mol. The van der Waals surface area contributed by atoms with Gasteiger partial charge in [0.2, 0.25) is 9.84 Å². The Morgan fingerprint density at radius 1 is 1.20 bits per heavy atom. The molecule has 0 spiro atoms. The molecule has 0 radical (unpaired) electrons. The number of fused-ring (bicyclic) bond motifs is 1. The van der Waals surface area contributed by atoms with E-state index in [1.807, 2.05) is 0 Å². The van der Waals surface area contributed by atoms with Gasteiger partial charge in [-0.1, -0.05) is 23.7 Å². The highest BCUT2D eigenvalue weighted by molar-refractivity contribution is 7.91. The summed E-state index contributed by atoms with van der Waals surface area (Å²) in [6.45, 7) is 2.13. The van der Waals surface area contributed by atoms with Crippen LogP contribution in [0, 0.1) is 5.82 Å². The second kappa shape index (κ2) is 6.50. The fourth-order valence-electron chi connectivity index (χ4n) is 2.33. The Kier molecular flexibility index (Phi) is 4.53. The van der Waals surface area contributed by atoms with Crippen LogP contribution >= 0.6 is 11.6 Å². The number of para-hydroxylation sites is 1. The molecule has 0 fully saturated rings. The Morgan fingerprint density at radius 2 is 1.96 bits per heavy atom. The lowest BCUT2D eigenvalue weighted by molar-refractivity contribution is 0.336. The third kappa shape index (κ3) is 3.12. The van der Waals surface area contributed by atoms with Gasteiger partial charge < -0.3 is 9.15 Å². The van der Waals surface area contributed by atoms with Crippen LogP contribution in [-0.2, 0) is 9.84 Å². The van der Waals surface area contributed by atoms with Crippen molar-refractivity contribution in [3.63, 3.8) is 0 Å². The zero-order valence-corrected chi connectivity index (χ0v) is 14.5. The van der Waals surface area contributed by atoms with Crippen molar-refractivity contribution < 1.29 is 22.0 Å². The van der Waals surface area contributed by atoms with Crippen LogP contribution in [0.4, 0.5) is 4.39 Å². The van der Waals surface area contributed by atoms with Crippen molar-refractivity contribution in [3.8, 4) is 5.75 Å². The molecule has 0 amide bonds. The Bertz CT molecular complexity index is 1120. The molecule has 0 bridgehead atoms. The van der Waals surface area contributed by atoms with Gasteiger partial charge in [-0.25, -0.2) is 17.6 Å². The van der Waals surface area contributed by atoms with Crippen molar-refractivity contribution in [2.24, 2.45) is 0 Å². The monoisotopic (exact) mass is 382 g/mol. The summed E-state index contributed by atoms with van der Waals surface area (Å²) in [7, 11) is -4.22. The lowest BCUT2D eigenvalue weighted by atomic mass is 10.2. The standard InChI is InChI=1S/C17H12ClFO5S/c1-2-23-14-5-3-4-10-8-15(17(20)24-16(10)14)25(21,22)11-6-7-13(19)12(18)9-11/h3-9H,2H2,1H3. The molecule has 0 saturated carbocycles. The fourth-order valence-corrected chi connectivity index (χ4v) is 3.89. The number of rotatable bonds is 4. The van der Waals surface area contributed by atoms with Gasteiger partial charge in [0.25, 0.3) is 0 Å². The maximum absolute atomic E-state index is 13.3. The molecule has 0 N–H and O–H groups in total. The SMILES string of the molecule is CCOc1cccc2cc(S(=O)(=O)c3ccc(F)c(Cl)c3)c(=O)oc12. The van der Waals surface area contributed by atoms with E-state index in [1.54, 1.807) is 25.1 Å². The molecule has 2 aromatic carbocycles. The Balaban J connectivity index is 2.23. The highest BCUT2D eigenvalue weighted by atomic mass is 35.5. The van der Waals surface area contributed by atoms with E-state index in [2.05, 4.69) is 0 Å². The molecule has 1 aromatic heterocycles. The molecule has 0 aliphatic carbocycles. The van der Waals surface area contributed by atoms with E-state index in [1.165, 1.54) is 6.07 Å². The first-order valence-electron chi connectivity index (χ1n) is 7.24. The van der Waals surface area contributed by atoms with Crippen LogP contribution < -0.4 is 10.4 Å². The molecule has 0 aliphatic heterocycles. The van der Waals surface area contributed by atoms with E-state index in [-0.39, 0.29) is 15.5 Å². The van der Waals surface area contributed by atoms with E-state index < -0.39 is 26.2 Å². The molecule has 3 rings (SSSR count). The van der Waals surface area contributed by atoms with Crippen LogP contribution in [-0.4, -0.2) is 15.0 Å². The minimum Gasteiger partial charge on any atom is -0.490 e. The van der Waals surface area contributed by atoms with Crippen LogP contribution in [0.25, 0.3) is 11.0 Å². The molecular weight excluding hydrogens is 371 g/mol. The summed E-state index contributed by atoms with van der Waals surface area (Å²) in [5, 5.41) is 0.0298. The van der Waals surface area contributed by atoms with Crippen LogP contribution in [0.1, 0.15) is 6.92 Å².